The molecule has 0 saturated carbocycles. The number of halogens is 2. The van der Waals surface area contributed by atoms with E-state index in [9.17, 15) is 13.6 Å². The molecule has 120 valence electrons. The fourth-order valence-corrected chi connectivity index (χ4v) is 3.11. The van der Waals surface area contributed by atoms with E-state index in [0.29, 0.717) is 17.5 Å². The van der Waals surface area contributed by atoms with Gasteiger partial charge in [-0.3, -0.25) is 9.78 Å². The Morgan fingerprint density at radius 1 is 1.30 bits per heavy atom. The molecule has 0 saturated heterocycles. The molecule has 1 amide bonds. The van der Waals surface area contributed by atoms with Gasteiger partial charge in [-0.05, 0) is 42.5 Å². The van der Waals surface area contributed by atoms with Crippen LogP contribution in [0.2, 0.25) is 0 Å². The maximum absolute atomic E-state index is 14.1. The lowest BCUT2D eigenvalue weighted by atomic mass is 9.84. The molecule has 5 heteroatoms. The molecule has 3 nitrogen and oxygen atoms in total. The Morgan fingerprint density at radius 2 is 2.13 bits per heavy atom. The first kappa shape index (κ1) is 15.6. The molecule has 1 aromatic carbocycles. The summed E-state index contributed by atoms with van der Waals surface area (Å²) in [6.45, 7) is 1.81. The second kappa shape index (κ2) is 6.44. The van der Waals surface area contributed by atoms with Crippen LogP contribution in [0.1, 0.15) is 43.4 Å². The molecule has 0 bridgehead atoms. The third kappa shape index (κ3) is 3.09. The van der Waals surface area contributed by atoms with E-state index >= 15 is 0 Å². The van der Waals surface area contributed by atoms with Crippen molar-refractivity contribution in [3.05, 3.63) is 53.4 Å². The first-order chi connectivity index (χ1) is 11.1. The lowest BCUT2D eigenvalue weighted by Gasteiger charge is -2.27. The molecule has 1 atom stereocenters. The van der Waals surface area contributed by atoms with Crippen molar-refractivity contribution in [3.8, 4) is 11.1 Å². The molecule has 0 fully saturated rings. The highest BCUT2D eigenvalue weighted by atomic mass is 19.1. The van der Waals surface area contributed by atoms with Crippen LogP contribution >= 0.6 is 0 Å². The number of aromatic nitrogens is 1. The molecule has 1 unspecified atom stereocenters. The van der Waals surface area contributed by atoms with Gasteiger partial charge in [0.15, 0.2) is 0 Å². The number of benzene rings is 1. The maximum atomic E-state index is 14.1. The van der Waals surface area contributed by atoms with E-state index in [1.54, 1.807) is 12.4 Å². The van der Waals surface area contributed by atoms with Crippen LogP contribution in [-0.2, 0) is 11.2 Å². The van der Waals surface area contributed by atoms with Crippen molar-refractivity contribution >= 4 is 5.91 Å². The zero-order valence-electron chi connectivity index (χ0n) is 12.9. The summed E-state index contributed by atoms with van der Waals surface area (Å²) in [5.41, 5.74) is 2.94. The predicted octanol–water partition coefficient (Wildman–Crippen LogP) is 3.93. The van der Waals surface area contributed by atoms with Crippen LogP contribution in [0, 0.1) is 11.6 Å². The average molecular weight is 316 g/mol. The predicted molar refractivity (Wildman–Crippen MR) is 83.7 cm³/mol. The zero-order chi connectivity index (χ0) is 16.4. The highest BCUT2D eigenvalue weighted by Crippen LogP contribution is 2.36. The molecule has 1 N–H and O–H groups in total. The van der Waals surface area contributed by atoms with Crippen LogP contribution in [0.25, 0.3) is 11.1 Å². The van der Waals surface area contributed by atoms with Crippen molar-refractivity contribution in [2.75, 3.05) is 0 Å². The van der Waals surface area contributed by atoms with Crippen LogP contribution in [0.4, 0.5) is 8.78 Å². The second-order valence-corrected chi connectivity index (χ2v) is 5.74. The summed E-state index contributed by atoms with van der Waals surface area (Å²) >= 11 is 0. The molecule has 1 aromatic heterocycles. The fourth-order valence-electron chi connectivity index (χ4n) is 3.11. The summed E-state index contributed by atoms with van der Waals surface area (Å²) in [4.78, 5) is 15.9. The van der Waals surface area contributed by atoms with Crippen molar-refractivity contribution in [2.45, 2.75) is 38.6 Å². The number of carbonyl (C=O) groups is 1. The molecule has 0 radical (unpaired) electrons. The number of hydrogen-bond donors (Lipinski definition) is 1. The molecule has 0 spiro atoms. The largest absolute Gasteiger partial charge is 0.349 e. The first-order valence-electron chi connectivity index (χ1n) is 7.81. The monoisotopic (exact) mass is 316 g/mol. The van der Waals surface area contributed by atoms with Gasteiger partial charge in [-0.1, -0.05) is 6.92 Å². The number of hydrogen-bond acceptors (Lipinski definition) is 2. The third-order valence-corrected chi connectivity index (χ3v) is 4.26. The molecule has 1 aliphatic carbocycles. The Kier molecular flexibility index (Phi) is 4.37. The molecular weight excluding hydrogens is 298 g/mol. The molecule has 23 heavy (non-hydrogen) atoms. The van der Waals surface area contributed by atoms with Gasteiger partial charge in [0.25, 0.3) is 0 Å². The van der Waals surface area contributed by atoms with E-state index in [-0.39, 0.29) is 11.9 Å². The van der Waals surface area contributed by atoms with Crippen LogP contribution < -0.4 is 5.32 Å². The van der Waals surface area contributed by atoms with Gasteiger partial charge in [0, 0.05) is 36.0 Å². The second-order valence-electron chi connectivity index (χ2n) is 5.74. The fraction of sp³-hybridized carbons (Fsp3) is 0.333. The lowest BCUT2D eigenvalue weighted by molar-refractivity contribution is -0.121. The molecular formula is C18H18F2N2O. The summed E-state index contributed by atoms with van der Waals surface area (Å²) < 4.78 is 27.3. The quantitative estimate of drug-likeness (QED) is 0.932. The topological polar surface area (TPSA) is 42.0 Å². The van der Waals surface area contributed by atoms with Gasteiger partial charge in [-0.15, -0.1) is 0 Å². The van der Waals surface area contributed by atoms with Crippen molar-refractivity contribution < 1.29 is 13.6 Å². The number of nitrogens with one attached hydrogen (secondary N) is 1. The summed E-state index contributed by atoms with van der Waals surface area (Å²) in [7, 11) is 0. The number of fused-ring (bicyclic) bond motifs is 1. The third-order valence-electron chi connectivity index (χ3n) is 4.26. The van der Waals surface area contributed by atoms with Crippen LogP contribution in [-0.4, -0.2) is 10.9 Å². The smallest absolute Gasteiger partial charge is 0.220 e. The number of amides is 1. The van der Waals surface area contributed by atoms with Crippen molar-refractivity contribution in [3.63, 3.8) is 0 Å². The van der Waals surface area contributed by atoms with Gasteiger partial charge in [0.05, 0.1) is 6.04 Å². The molecule has 1 heterocycles. The van der Waals surface area contributed by atoms with Gasteiger partial charge < -0.3 is 5.32 Å². The van der Waals surface area contributed by atoms with Gasteiger partial charge in [0.2, 0.25) is 5.91 Å². The SMILES string of the molecule is CCC(=O)NC1CCCc2c(-c3ccc(F)cc3F)cncc21. The van der Waals surface area contributed by atoms with E-state index in [1.165, 1.54) is 12.1 Å². The Hall–Kier alpha value is -2.30. The van der Waals surface area contributed by atoms with Crippen molar-refractivity contribution in [1.29, 1.82) is 0 Å². The van der Waals surface area contributed by atoms with Crippen molar-refractivity contribution in [2.24, 2.45) is 0 Å². The minimum Gasteiger partial charge on any atom is -0.349 e. The maximum Gasteiger partial charge on any atom is 0.220 e. The van der Waals surface area contributed by atoms with E-state index in [1.807, 2.05) is 6.92 Å². The highest BCUT2D eigenvalue weighted by Gasteiger charge is 2.25. The summed E-state index contributed by atoms with van der Waals surface area (Å²) in [6.07, 6.45) is 6.31. The Bertz CT molecular complexity index is 746. The number of carbonyl (C=O) groups excluding carboxylic acids is 1. The summed E-state index contributed by atoms with van der Waals surface area (Å²) in [5, 5.41) is 2.99. The average Bonchev–Trinajstić information content (AvgIpc) is 2.55. The standard InChI is InChI=1S/C18H18F2N2O/c1-2-18(23)22-17-5-3-4-12-14(9-21-10-15(12)17)13-7-6-11(19)8-16(13)20/h6-10,17H,2-5H2,1H3,(H,22,23). The molecule has 3 rings (SSSR count). The first-order valence-corrected chi connectivity index (χ1v) is 7.81. The van der Waals surface area contributed by atoms with Gasteiger partial charge >= 0.3 is 0 Å². The van der Waals surface area contributed by atoms with Crippen LogP contribution in [0.15, 0.2) is 30.6 Å². The van der Waals surface area contributed by atoms with Crippen LogP contribution in [0.3, 0.4) is 0 Å². The minimum atomic E-state index is -0.600. The number of nitrogens with zero attached hydrogens (tertiary/aromatic N) is 1. The Morgan fingerprint density at radius 3 is 2.87 bits per heavy atom. The van der Waals surface area contributed by atoms with E-state index in [0.717, 1.165) is 36.5 Å². The lowest BCUT2D eigenvalue weighted by Crippen LogP contribution is -2.30. The summed E-state index contributed by atoms with van der Waals surface area (Å²) in [5.74, 6) is -1.21. The number of pyridine rings is 1. The van der Waals surface area contributed by atoms with Gasteiger partial charge in [-0.25, -0.2) is 8.78 Å². The Balaban J connectivity index is 2.04. The minimum absolute atomic E-state index is 0.0128. The highest BCUT2D eigenvalue weighted by molar-refractivity contribution is 5.76. The van der Waals surface area contributed by atoms with E-state index < -0.39 is 11.6 Å². The van der Waals surface area contributed by atoms with E-state index in [4.69, 9.17) is 0 Å². The number of rotatable bonds is 3. The normalized spacial score (nSPS) is 16.7. The van der Waals surface area contributed by atoms with Crippen molar-refractivity contribution in [1.82, 2.24) is 10.3 Å². The zero-order valence-corrected chi connectivity index (χ0v) is 12.9. The molecule has 1 aliphatic rings. The summed E-state index contributed by atoms with van der Waals surface area (Å²) in [6, 6.07) is 3.48. The van der Waals surface area contributed by atoms with Gasteiger partial charge in [-0.2, -0.15) is 0 Å². The molecule has 2 aromatic rings. The molecule has 0 aliphatic heterocycles. The van der Waals surface area contributed by atoms with Gasteiger partial charge in [0.1, 0.15) is 11.6 Å². The Labute approximate surface area is 133 Å². The van der Waals surface area contributed by atoms with E-state index in [2.05, 4.69) is 10.3 Å². The van der Waals surface area contributed by atoms with Crippen LogP contribution in [0.5, 0.6) is 0 Å².